The predicted octanol–water partition coefficient (Wildman–Crippen LogP) is 4.42. The van der Waals surface area contributed by atoms with E-state index in [1.54, 1.807) is 49.6 Å². The Labute approximate surface area is 187 Å². The molecule has 0 heterocycles. The lowest BCUT2D eigenvalue weighted by Crippen LogP contribution is -2.41. The molecule has 0 saturated heterocycles. The van der Waals surface area contributed by atoms with Crippen LogP contribution >= 0.6 is 11.6 Å². The summed E-state index contributed by atoms with van der Waals surface area (Å²) in [5.41, 5.74) is 1.27. The maximum atomic E-state index is 13.3. The molecule has 1 N–H and O–H groups in total. The van der Waals surface area contributed by atoms with Crippen LogP contribution in [-0.4, -0.2) is 28.0 Å². The Morgan fingerprint density at radius 1 is 1.00 bits per heavy atom. The molecule has 0 aliphatic rings. The van der Waals surface area contributed by atoms with Crippen molar-refractivity contribution in [2.24, 2.45) is 0 Å². The van der Waals surface area contributed by atoms with Gasteiger partial charge in [0.15, 0.2) is 0 Å². The Kier molecular flexibility index (Phi) is 7.20. The van der Waals surface area contributed by atoms with Crippen molar-refractivity contribution in [3.8, 4) is 5.75 Å². The number of sulfonamides is 1. The Balaban J connectivity index is 1.83. The van der Waals surface area contributed by atoms with E-state index in [-0.39, 0.29) is 17.5 Å². The second kappa shape index (κ2) is 9.85. The number of para-hydroxylation sites is 1. The number of methoxy groups -OCH3 is 1. The monoisotopic (exact) mass is 458 g/mol. The molecule has 0 radical (unpaired) electrons. The lowest BCUT2D eigenvalue weighted by Gasteiger charge is -2.25. The van der Waals surface area contributed by atoms with Crippen molar-refractivity contribution in [1.29, 1.82) is 0 Å². The van der Waals surface area contributed by atoms with E-state index in [1.165, 1.54) is 24.3 Å². The van der Waals surface area contributed by atoms with Gasteiger partial charge >= 0.3 is 0 Å². The number of benzene rings is 3. The summed E-state index contributed by atoms with van der Waals surface area (Å²) in [7, 11) is -2.40. The highest BCUT2D eigenvalue weighted by Crippen LogP contribution is 2.25. The zero-order valence-electron chi connectivity index (χ0n) is 17.2. The summed E-state index contributed by atoms with van der Waals surface area (Å²) in [6.45, 7) is 1.47. The standard InChI is InChI=1S/C23H23ClN2O4S/c1-17(18-8-12-21(30-2)13-9-18)25-23(27)16-26(20-6-4-3-5-7-20)31(28,29)22-14-10-19(24)11-15-22/h3-15,17H,16H2,1-2H3,(H,25,27)/t17-/m1/s1. The second-order valence-corrected chi connectivity index (χ2v) is 9.16. The van der Waals surface area contributed by atoms with Gasteiger partial charge in [-0.1, -0.05) is 41.9 Å². The van der Waals surface area contributed by atoms with Crippen LogP contribution in [0.1, 0.15) is 18.5 Å². The van der Waals surface area contributed by atoms with Crippen LogP contribution in [0.15, 0.2) is 83.8 Å². The Bertz CT molecular complexity index is 1120. The first-order chi connectivity index (χ1) is 14.8. The van der Waals surface area contributed by atoms with Crippen LogP contribution in [0.5, 0.6) is 5.75 Å². The van der Waals surface area contributed by atoms with Gasteiger partial charge in [-0.2, -0.15) is 0 Å². The summed E-state index contributed by atoms with van der Waals surface area (Å²) >= 11 is 5.90. The van der Waals surface area contributed by atoms with E-state index in [0.29, 0.717) is 16.5 Å². The summed E-state index contributed by atoms with van der Waals surface area (Å²) in [5, 5.41) is 3.29. The molecule has 31 heavy (non-hydrogen) atoms. The zero-order chi connectivity index (χ0) is 22.4. The van der Waals surface area contributed by atoms with Crippen molar-refractivity contribution in [2.75, 3.05) is 18.0 Å². The normalized spacial score (nSPS) is 12.1. The van der Waals surface area contributed by atoms with Gasteiger partial charge in [-0.15, -0.1) is 0 Å². The number of halogens is 1. The first-order valence-corrected chi connectivity index (χ1v) is 11.4. The molecule has 0 aromatic heterocycles. The van der Waals surface area contributed by atoms with Crippen molar-refractivity contribution in [2.45, 2.75) is 17.9 Å². The number of rotatable bonds is 8. The molecule has 0 spiro atoms. The van der Waals surface area contributed by atoms with Gasteiger partial charge in [0.25, 0.3) is 10.0 Å². The number of anilines is 1. The average Bonchev–Trinajstić information content (AvgIpc) is 2.78. The molecule has 1 amide bonds. The third kappa shape index (κ3) is 5.57. The molecule has 0 aliphatic carbocycles. The van der Waals surface area contributed by atoms with Gasteiger partial charge in [-0.3, -0.25) is 9.10 Å². The predicted molar refractivity (Wildman–Crippen MR) is 122 cm³/mol. The number of carbonyl (C=O) groups is 1. The number of nitrogens with one attached hydrogen (secondary N) is 1. The largest absolute Gasteiger partial charge is 0.497 e. The summed E-state index contributed by atoms with van der Waals surface area (Å²) in [6.07, 6.45) is 0. The quantitative estimate of drug-likeness (QED) is 0.542. The molecular formula is C23H23ClN2O4S. The van der Waals surface area contributed by atoms with Gasteiger partial charge in [0.05, 0.1) is 23.7 Å². The van der Waals surface area contributed by atoms with E-state index in [2.05, 4.69) is 5.32 Å². The highest BCUT2D eigenvalue weighted by Gasteiger charge is 2.27. The average molecular weight is 459 g/mol. The molecule has 6 nitrogen and oxygen atoms in total. The van der Waals surface area contributed by atoms with Gasteiger partial charge in [-0.25, -0.2) is 8.42 Å². The lowest BCUT2D eigenvalue weighted by molar-refractivity contribution is -0.120. The van der Waals surface area contributed by atoms with E-state index in [1.807, 2.05) is 19.1 Å². The molecule has 3 aromatic rings. The molecule has 3 aromatic carbocycles. The lowest BCUT2D eigenvalue weighted by atomic mass is 10.1. The molecule has 0 saturated carbocycles. The Hall–Kier alpha value is -3.03. The van der Waals surface area contributed by atoms with E-state index in [9.17, 15) is 13.2 Å². The first kappa shape index (κ1) is 22.7. The van der Waals surface area contributed by atoms with Gasteiger partial charge in [0, 0.05) is 5.02 Å². The highest BCUT2D eigenvalue weighted by molar-refractivity contribution is 7.92. The number of hydrogen-bond donors (Lipinski definition) is 1. The number of ether oxygens (including phenoxy) is 1. The van der Waals surface area contributed by atoms with Crippen LogP contribution in [0.25, 0.3) is 0 Å². The molecule has 162 valence electrons. The number of hydrogen-bond acceptors (Lipinski definition) is 4. The smallest absolute Gasteiger partial charge is 0.264 e. The third-order valence-corrected chi connectivity index (χ3v) is 6.77. The summed E-state index contributed by atoms with van der Waals surface area (Å²) in [4.78, 5) is 12.9. The van der Waals surface area contributed by atoms with Crippen molar-refractivity contribution >= 4 is 33.2 Å². The molecule has 0 bridgehead atoms. The highest BCUT2D eigenvalue weighted by atomic mass is 35.5. The fraction of sp³-hybridized carbons (Fsp3) is 0.174. The van der Waals surface area contributed by atoms with Crippen molar-refractivity contribution in [3.05, 3.63) is 89.4 Å². The Morgan fingerprint density at radius 2 is 1.61 bits per heavy atom. The minimum atomic E-state index is -3.98. The fourth-order valence-corrected chi connectivity index (χ4v) is 4.58. The fourth-order valence-electron chi connectivity index (χ4n) is 3.04. The molecule has 0 fully saturated rings. The summed E-state index contributed by atoms with van der Waals surface area (Å²) in [5.74, 6) is 0.288. The van der Waals surface area contributed by atoms with Crippen LogP contribution in [0.4, 0.5) is 5.69 Å². The molecule has 8 heteroatoms. The number of amides is 1. The third-order valence-electron chi connectivity index (χ3n) is 4.73. The van der Waals surface area contributed by atoms with Crippen LogP contribution in [0, 0.1) is 0 Å². The van der Waals surface area contributed by atoms with E-state index in [4.69, 9.17) is 16.3 Å². The number of carbonyl (C=O) groups excluding carboxylic acids is 1. The number of nitrogens with zero attached hydrogens (tertiary/aromatic N) is 1. The minimum Gasteiger partial charge on any atom is -0.497 e. The molecule has 1 atom stereocenters. The van der Waals surface area contributed by atoms with Gasteiger partial charge < -0.3 is 10.1 Å². The van der Waals surface area contributed by atoms with E-state index < -0.39 is 15.9 Å². The van der Waals surface area contributed by atoms with Crippen molar-refractivity contribution in [3.63, 3.8) is 0 Å². The van der Waals surface area contributed by atoms with Crippen LogP contribution in [0.2, 0.25) is 5.02 Å². The SMILES string of the molecule is COc1ccc([C@@H](C)NC(=O)CN(c2ccccc2)S(=O)(=O)c2ccc(Cl)cc2)cc1. The van der Waals surface area contributed by atoms with Gasteiger partial charge in [0.1, 0.15) is 12.3 Å². The summed E-state index contributed by atoms with van der Waals surface area (Å²) < 4.78 is 32.8. The maximum Gasteiger partial charge on any atom is 0.264 e. The Morgan fingerprint density at radius 3 is 2.19 bits per heavy atom. The molecule has 0 aliphatic heterocycles. The van der Waals surface area contributed by atoms with Crippen molar-refractivity contribution < 1.29 is 17.9 Å². The topological polar surface area (TPSA) is 75.7 Å². The molecule has 0 unspecified atom stereocenters. The van der Waals surface area contributed by atoms with Crippen LogP contribution in [0.3, 0.4) is 0 Å². The maximum absolute atomic E-state index is 13.3. The van der Waals surface area contributed by atoms with Gasteiger partial charge in [0.2, 0.25) is 5.91 Å². The van der Waals surface area contributed by atoms with Gasteiger partial charge in [-0.05, 0) is 61.0 Å². The van der Waals surface area contributed by atoms with E-state index >= 15 is 0 Å². The van der Waals surface area contributed by atoms with Crippen LogP contribution < -0.4 is 14.4 Å². The van der Waals surface area contributed by atoms with E-state index in [0.717, 1.165) is 9.87 Å². The summed E-state index contributed by atoms with van der Waals surface area (Å²) in [6, 6.07) is 21.4. The zero-order valence-corrected chi connectivity index (χ0v) is 18.7. The van der Waals surface area contributed by atoms with Crippen LogP contribution in [-0.2, 0) is 14.8 Å². The first-order valence-electron chi connectivity index (χ1n) is 9.58. The van der Waals surface area contributed by atoms with Crippen molar-refractivity contribution in [1.82, 2.24) is 5.32 Å². The second-order valence-electron chi connectivity index (χ2n) is 6.86. The molecule has 3 rings (SSSR count). The molecular weight excluding hydrogens is 436 g/mol. The minimum absolute atomic E-state index is 0.0526.